The SMILES string of the molecule is CC(C)[C@H]1COC(C(=O)N[C@@H]2CCCC[C@H]2NC(=O)C2=N[C@@H](C(C)C)CO2)=N1. The van der Waals surface area contributed by atoms with Crippen LogP contribution in [0.2, 0.25) is 0 Å². The molecule has 0 saturated heterocycles. The summed E-state index contributed by atoms with van der Waals surface area (Å²) >= 11 is 0. The quantitative estimate of drug-likeness (QED) is 0.714. The van der Waals surface area contributed by atoms with Crippen LogP contribution >= 0.6 is 0 Å². The molecule has 2 amide bonds. The number of rotatable bonds is 6. The van der Waals surface area contributed by atoms with Crippen LogP contribution in [0.3, 0.4) is 0 Å². The first-order chi connectivity index (χ1) is 13.3. The van der Waals surface area contributed by atoms with E-state index in [-0.39, 0.29) is 47.8 Å². The summed E-state index contributed by atoms with van der Waals surface area (Å²) in [6, 6.07) is -0.266. The van der Waals surface area contributed by atoms with Crippen LogP contribution in [0.4, 0.5) is 0 Å². The third-order valence-electron chi connectivity index (χ3n) is 5.67. The summed E-state index contributed by atoms with van der Waals surface area (Å²) in [4.78, 5) is 33.9. The molecule has 0 bridgehead atoms. The lowest BCUT2D eigenvalue weighted by atomic mass is 9.90. The summed E-state index contributed by atoms with van der Waals surface area (Å²) in [5.41, 5.74) is 0. The van der Waals surface area contributed by atoms with E-state index in [1.165, 1.54) is 0 Å². The van der Waals surface area contributed by atoms with Gasteiger partial charge in [0.15, 0.2) is 0 Å². The lowest BCUT2D eigenvalue weighted by molar-refractivity contribution is -0.119. The highest BCUT2D eigenvalue weighted by Gasteiger charge is 2.34. The Morgan fingerprint density at radius 1 is 0.821 bits per heavy atom. The number of amides is 2. The molecule has 0 aromatic rings. The second kappa shape index (κ2) is 8.92. The van der Waals surface area contributed by atoms with E-state index in [0.717, 1.165) is 25.7 Å². The van der Waals surface area contributed by atoms with Crippen molar-refractivity contribution in [2.75, 3.05) is 13.2 Å². The van der Waals surface area contributed by atoms with Crippen molar-refractivity contribution in [3.8, 4) is 0 Å². The Morgan fingerprint density at radius 3 is 1.54 bits per heavy atom. The summed E-state index contributed by atoms with van der Waals surface area (Å²) in [5.74, 6) is 0.352. The van der Waals surface area contributed by atoms with Gasteiger partial charge in [0.05, 0.1) is 12.1 Å². The van der Waals surface area contributed by atoms with Crippen molar-refractivity contribution in [2.24, 2.45) is 21.8 Å². The Morgan fingerprint density at radius 2 is 1.21 bits per heavy atom. The molecule has 0 aromatic carbocycles. The molecular formula is C20H32N4O4. The Kier molecular flexibility index (Phi) is 6.57. The van der Waals surface area contributed by atoms with Gasteiger partial charge in [-0.05, 0) is 24.7 Å². The lowest BCUT2D eigenvalue weighted by Gasteiger charge is -2.32. The highest BCUT2D eigenvalue weighted by atomic mass is 16.5. The molecule has 1 fully saturated rings. The fourth-order valence-corrected chi connectivity index (χ4v) is 3.65. The van der Waals surface area contributed by atoms with Crippen LogP contribution in [0, 0.1) is 11.8 Å². The molecular weight excluding hydrogens is 360 g/mol. The fraction of sp³-hybridized carbons (Fsp3) is 0.800. The van der Waals surface area contributed by atoms with Crippen molar-refractivity contribution in [3.05, 3.63) is 0 Å². The van der Waals surface area contributed by atoms with Gasteiger partial charge in [0.2, 0.25) is 0 Å². The standard InChI is InChI=1S/C20H32N4O4/c1-11(2)15-9-27-19(23-15)17(25)21-13-7-5-6-8-14(13)22-18(26)20-24-16(10-28-20)12(3)4/h11-16H,5-10H2,1-4H3,(H,21,25)(H,22,26)/t13-,14-,15-,16-/m1/s1. The summed E-state index contributed by atoms with van der Waals surface area (Å²) in [7, 11) is 0. The maximum atomic E-state index is 12.6. The predicted octanol–water partition coefficient (Wildman–Crippen LogP) is 1.44. The summed E-state index contributed by atoms with van der Waals surface area (Å²) in [6.07, 6.45) is 3.62. The van der Waals surface area contributed by atoms with Crippen molar-refractivity contribution in [1.82, 2.24) is 10.6 Å². The van der Waals surface area contributed by atoms with Crippen LogP contribution in [-0.2, 0) is 19.1 Å². The highest BCUT2D eigenvalue weighted by molar-refractivity contribution is 6.36. The van der Waals surface area contributed by atoms with E-state index in [4.69, 9.17) is 9.47 Å². The molecule has 4 atom stereocenters. The molecule has 3 aliphatic rings. The minimum atomic E-state index is -0.302. The number of nitrogens with one attached hydrogen (secondary N) is 2. The Balaban J connectivity index is 1.58. The number of hydrogen-bond acceptors (Lipinski definition) is 6. The second-order valence-electron chi connectivity index (χ2n) is 8.56. The Labute approximate surface area is 166 Å². The van der Waals surface area contributed by atoms with Crippen molar-refractivity contribution in [2.45, 2.75) is 77.5 Å². The van der Waals surface area contributed by atoms with E-state index in [9.17, 15) is 9.59 Å². The first-order valence-corrected chi connectivity index (χ1v) is 10.4. The molecule has 2 N–H and O–H groups in total. The van der Waals surface area contributed by atoms with Gasteiger partial charge >= 0.3 is 11.8 Å². The van der Waals surface area contributed by atoms with Crippen LogP contribution in [0.25, 0.3) is 0 Å². The molecule has 8 heteroatoms. The zero-order valence-electron chi connectivity index (χ0n) is 17.2. The summed E-state index contributed by atoms with van der Waals surface area (Å²) in [6.45, 7) is 9.12. The van der Waals surface area contributed by atoms with E-state index in [2.05, 4.69) is 48.3 Å². The van der Waals surface area contributed by atoms with Crippen LogP contribution in [0.5, 0.6) is 0 Å². The molecule has 1 saturated carbocycles. The molecule has 156 valence electrons. The average Bonchev–Trinajstić information content (AvgIpc) is 3.33. The highest BCUT2D eigenvalue weighted by Crippen LogP contribution is 2.20. The first-order valence-electron chi connectivity index (χ1n) is 10.4. The number of carbonyl (C=O) groups is 2. The maximum absolute atomic E-state index is 12.6. The van der Waals surface area contributed by atoms with E-state index >= 15 is 0 Å². The van der Waals surface area contributed by atoms with Gasteiger partial charge in [0, 0.05) is 12.1 Å². The largest absolute Gasteiger partial charge is 0.472 e. The maximum Gasteiger partial charge on any atom is 0.306 e. The van der Waals surface area contributed by atoms with Crippen LogP contribution in [-0.4, -0.2) is 61.0 Å². The van der Waals surface area contributed by atoms with Gasteiger partial charge in [-0.15, -0.1) is 0 Å². The second-order valence-corrected chi connectivity index (χ2v) is 8.56. The minimum Gasteiger partial charge on any atom is -0.472 e. The van der Waals surface area contributed by atoms with E-state index in [1.807, 2.05) is 0 Å². The average molecular weight is 393 g/mol. The minimum absolute atomic E-state index is 0.0223. The van der Waals surface area contributed by atoms with Crippen molar-refractivity contribution >= 4 is 23.6 Å². The molecule has 2 aliphatic heterocycles. The summed E-state index contributed by atoms with van der Waals surface area (Å²) in [5, 5.41) is 6.01. The zero-order valence-corrected chi connectivity index (χ0v) is 17.2. The van der Waals surface area contributed by atoms with E-state index in [1.54, 1.807) is 0 Å². The van der Waals surface area contributed by atoms with Gasteiger partial charge in [-0.2, -0.15) is 0 Å². The Hall–Kier alpha value is -2.12. The number of nitrogens with zero attached hydrogens (tertiary/aromatic N) is 2. The van der Waals surface area contributed by atoms with Gasteiger partial charge in [-0.25, -0.2) is 9.98 Å². The van der Waals surface area contributed by atoms with Crippen LogP contribution in [0.1, 0.15) is 53.4 Å². The smallest absolute Gasteiger partial charge is 0.306 e. The van der Waals surface area contributed by atoms with Gasteiger partial charge in [-0.3, -0.25) is 9.59 Å². The molecule has 1 aliphatic carbocycles. The lowest BCUT2D eigenvalue weighted by Crippen LogP contribution is -2.55. The summed E-state index contributed by atoms with van der Waals surface area (Å²) < 4.78 is 10.9. The molecule has 0 spiro atoms. The number of hydrogen-bond donors (Lipinski definition) is 2. The van der Waals surface area contributed by atoms with Gasteiger partial charge < -0.3 is 20.1 Å². The van der Waals surface area contributed by atoms with Crippen molar-refractivity contribution < 1.29 is 19.1 Å². The Bertz CT molecular complexity index is 603. The van der Waals surface area contributed by atoms with E-state index < -0.39 is 0 Å². The zero-order chi connectivity index (χ0) is 20.3. The van der Waals surface area contributed by atoms with Gasteiger partial charge in [0.25, 0.3) is 11.8 Å². The van der Waals surface area contributed by atoms with Crippen molar-refractivity contribution in [1.29, 1.82) is 0 Å². The first kappa shape index (κ1) is 20.6. The van der Waals surface area contributed by atoms with Gasteiger partial charge in [0.1, 0.15) is 13.2 Å². The fourth-order valence-electron chi connectivity index (χ4n) is 3.65. The molecule has 3 rings (SSSR count). The topological polar surface area (TPSA) is 101 Å². The normalized spacial score (nSPS) is 29.8. The molecule has 2 heterocycles. The predicted molar refractivity (Wildman–Crippen MR) is 106 cm³/mol. The molecule has 28 heavy (non-hydrogen) atoms. The van der Waals surface area contributed by atoms with Crippen molar-refractivity contribution in [3.63, 3.8) is 0 Å². The molecule has 0 radical (unpaired) electrons. The number of aliphatic imine (C=N–C) groups is 2. The number of carbonyl (C=O) groups excluding carboxylic acids is 2. The third-order valence-corrected chi connectivity index (χ3v) is 5.67. The molecule has 0 unspecified atom stereocenters. The molecule has 8 nitrogen and oxygen atoms in total. The van der Waals surface area contributed by atoms with Gasteiger partial charge in [-0.1, -0.05) is 40.5 Å². The van der Waals surface area contributed by atoms with E-state index in [0.29, 0.717) is 25.0 Å². The van der Waals surface area contributed by atoms with Crippen LogP contribution < -0.4 is 10.6 Å². The number of ether oxygens (including phenoxy) is 2. The third kappa shape index (κ3) is 4.83. The molecule has 0 aromatic heterocycles. The monoisotopic (exact) mass is 392 g/mol. The van der Waals surface area contributed by atoms with Crippen LogP contribution in [0.15, 0.2) is 9.98 Å².